The van der Waals surface area contributed by atoms with Crippen molar-refractivity contribution in [2.24, 2.45) is 0 Å². The van der Waals surface area contributed by atoms with Gasteiger partial charge in [-0.15, -0.1) is 0 Å². The van der Waals surface area contributed by atoms with Crippen LogP contribution in [0.15, 0.2) is 47.4 Å². The van der Waals surface area contributed by atoms with Crippen molar-refractivity contribution in [3.05, 3.63) is 53.1 Å². The number of aliphatic hydroxyl groups excluding tert-OH is 1. The first-order valence-corrected chi connectivity index (χ1v) is 13.4. The van der Waals surface area contributed by atoms with Gasteiger partial charge < -0.3 is 29.4 Å². The van der Waals surface area contributed by atoms with Crippen LogP contribution in [0.25, 0.3) is 0 Å². The number of aliphatic hydroxyl groups is 1. The van der Waals surface area contributed by atoms with Crippen molar-refractivity contribution in [2.45, 2.75) is 62.9 Å². The van der Waals surface area contributed by atoms with Crippen LogP contribution in [-0.2, 0) is 28.5 Å². The molecule has 230 valence electrons. The molecule has 1 aliphatic rings. The molecule has 0 aliphatic carbocycles. The Labute approximate surface area is 240 Å². The van der Waals surface area contributed by atoms with Crippen LogP contribution >= 0.6 is 0 Å². The molecule has 0 saturated carbocycles. The molecule has 0 radical (unpaired) electrons. The zero-order valence-corrected chi connectivity index (χ0v) is 23.0. The van der Waals surface area contributed by atoms with Crippen LogP contribution in [-0.4, -0.2) is 77.7 Å². The molecule has 2 aromatic rings. The van der Waals surface area contributed by atoms with Crippen LogP contribution in [0.4, 0.5) is 25.1 Å². The first-order valence-electron chi connectivity index (χ1n) is 13.4. The van der Waals surface area contributed by atoms with E-state index in [1.807, 2.05) is 18.2 Å². The summed E-state index contributed by atoms with van der Waals surface area (Å²) in [6.07, 6.45) is -3.69. The molecule has 42 heavy (non-hydrogen) atoms. The normalized spacial score (nSPS) is 19.2. The fraction of sp³-hybridized carbons (Fsp3) is 0.519. The van der Waals surface area contributed by atoms with E-state index < -0.39 is 48.7 Å². The maximum absolute atomic E-state index is 15.3. The van der Waals surface area contributed by atoms with E-state index in [0.717, 1.165) is 12.3 Å². The monoisotopic (exact) mass is 596 g/mol. The number of methoxy groups -OCH3 is 1. The van der Waals surface area contributed by atoms with Crippen molar-refractivity contribution >= 4 is 29.5 Å². The first-order chi connectivity index (χ1) is 20.1. The highest BCUT2D eigenvalue weighted by molar-refractivity contribution is 5.90. The van der Waals surface area contributed by atoms with Gasteiger partial charge in [0, 0.05) is 31.8 Å². The molecule has 0 bridgehead atoms. The smallest absolute Gasteiger partial charge is 0.412 e. The third-order valence-corrected chi connectivity index (χ3v) is 6.21. The van der Waals surface area contributed by atoms with E-state index >= 15 is 8.78 Å². The number of carbonyl (C=O) groups excluding carboxylic acids is 3. The quantitative estimate of drug-likeness (QED) is 0.205. The third kappa shape index (κ3) is 9.29. The summed E-state index contributed by atoms with van der Waals surface area (Å²) in [5.74, 6) is -5.19. The lowest BCUT2D eigenvalue weighted by molar-refractivity contribution is -0.176. The Kier molecular flexibility index (Phi) is 12.3. The average molecular weight is 597 g/mol. The van der Waals surface area contributed by atoms with E-state index in [1.165, 1.54) is 7.11 Å². The van der Waals surface area contributed by atoms with Gasteiger partial charge in [-0.25, -0.2) is 9.59 Å². The maximum atomic E-state index is 15.3. The van der Waals surface area contributed by atoms with Gasteiger partial charge in [-0.1, -0.05) is 31.0 Å². The van der Waals surface area contributed by atoms with Gasteiger partial charge in [-0.3, -0.25) is 19.5 Å². The molecule has 2 heterocycles. The second-order valence-electron chi connectivity index (χ2n) is 9.38. The fourth-order valence-electron chi connectivity index (χ4n) is 4.13. The molecule has 13 nitrogen and oxygen atoms in total. The Morgan fingerprint density at radius 1 is 1.05 bits per heavy atom. The molecule has 15 heteroatoms. The number of para-hydroxylation sites is 1. The molecule has 2 amide bonds. The minimum atomic E-state index is -3.89. The predicted octanol–water partition coefficient (Wildman–Crippen LogP) is 2.85. The number of nitrogens with zero attached hydrogens (tertiary/aromatic N) is 2. The van der Waals surface area contributed by atoms with Gasteiger partial charge in [0.2, 0.25) is 12.1 Å². The van der Waals surface area contributed by atoms with Gasteiger partial charge in [0.25, 0.3) is 0 Å². The predicted molar refractivity (Wildman–Crippen MR) is 144 cm³/mol. The maximum Gasteiger partial charge on any atom is 0.412 e. The van der Waals surface area contributed by atoms with E-state index in [1.54, 1.807) is 12.1 Å². The number of hydrogen-bond acceptors (Lipinski definition) is 10. The first kappa shape index (κ1) is 32.6. The number of aromatic nitrogens is 2. The summed E-state index contributed by atoms with van der Waals surface area (Å²) < 4.78 is 50.8. The van der Waals surface area contributed by atoms with Crippen molar-refractivity contribution in [3.8, 4) is 0 Å². The highest BCUT2D eigenvalue weighted by Crippen LogP contribution is 2.44. The second kappa shape index (κ2) is 15.9. The number of esters is 1. The van der Waals surface area contributed by atoms with Crippen molar-refractivity contribution in [3.63, 3.8) is 0 Å². The van der Waals surface area contributed by atoms with Gasteiger partial charge in [0.05, 0.1) is 13.2 Å². The van der Waals surface area contributed by atoms with Crippen molar-refractivity contribution in [1.82, 2.24) is 9.55 Å². The number of carbonyl (C=O) groups is 3. The van der Waals surface area contributed by atoms with Crippen LogP contribution in [0.5, 0.6) is 0 Å². The number of anilines is 2. The number of amides is 2. The average Bonchev–Trinajstić information content (AvgIpc) is 3.20. The summed E-state index contributed by atoms with van der Waals surface area (Å²) in [6, 6.07) is 10.1. The lowest BCUT2D eigenvalue weighted by Crippen LogP contribution is -2.44. The second-order valence-corrected chi connectivity index (χ2v) is 9.38. The summed E-state index contributed by atoms with van der Waals surface area (Å²) in [7, 11) is 1.41. The molecule has 0 unspecified atom stereocenters. The summed E-state index contributed by atoms with van der Waals surface area (Å²) in [6.45, 7) is -0.813. The van der Waals surface area contributed by atoms with Gasteiger partial charge in [-0.05, 0) is 31.0 Å². The van der Waals surface area contributed by atoms with Crippen LogP contribution in [0.1, 0.15) is 44.8 Å². The lowest BCUT2D eigenvalue weighted by atomic mass is 10.1. The SMILES string of the molecule is COCCOC(=O)Nc1ccn([C@@H]2O[C@H](CO)[C@@H](OC(=O)CCCCCCC(=O)Nc3ccccc3)C2(F)F)c(=O)n1. The number of hydrogen-bond donors (Lipinski definition) is 3. The zero-order valence-electron chi connectivity index (χ0n) is 23.0. The van der Waals surface area contributed by atoms with Crippen molar-refractivity contribution < 1.29 is 47.2 Å². The van der Waals surface area contributed by atoms with Crippen LogP contribution in [0.2, 0.25) is 0 Å². The Bertz CT molecular complexity index is 1250. The molecule has 1 aliphatic heterocycles. The molecule has 3 N–H and O–H groups in total. The van der Waals surface area contributed by atoms with Crippen LogP contribution in [0, 0.1) is 0 Å². The van der Waals surface area contributed by atoms with Gasteiger partial charge in [0.1, 0.15) is 18.5 Å². The number of unbranched alkanes of at least 4 members (excludes halogenated alkanes) is 3. The number of benzene rings is 1. The highest BCUT2D eigenvalue weighted by Gasteiger charge is 2.62. The zero-order chi connectivity index (χ0) is 30.5. The number of rotatable bonds is 15. The van der Waals surface area contributed by atoms with E-state index in [9.17, 15) is 24.3 Å². The molecular formula is C27H34F2N4O9. The number of alkyl halides is 2. The molecular weight excluding hydrogens is 562 g/mol. The van der Waals surface area contributed by atoms with Gasteiger partial charge in [-0.2, -0.15) is 13.8 Å². The minimum absolute atomic E-state index is 0.0574. The highest BCUT2D eigenvalue weighted by atomic mass is 19.3. The van der Waals surface area contributed by atoms with E-state index in [4.69, 9.17) is 18.9 Å². The standard InChI is InChI=1S/C27H34F2N4O9/c1-39-15-16-40-26(38)32-20-13-14-33(25(37)31-20)24-27(28,29)23(19(17-34)41-24)42-22(36)12-8-3-2-7-11-21(35)30-18-9-5-4-6-10-18/h4-6,9-10,13-14,19,23-24,34H,2-3,7-8,11-12,15-17H2,1H3,(H,30,35)(H,31,32,37,38)/t19-,23-,24-/m1/s1. The van der Waals surface area contributed by atoms with Gasteiger partial charge >= 0.3 is 23.7 Å². The number of nitrogens with one attached hydrogen (secondary N) is 2. The Balaban J connectivity index is 1.47. The molecule has 3 rings (SSSR count). The van der Waals surface area contributed by atoms with E-state index in [-0.39, 0.29) is 31.4 Å². The Morgan fingerprint density at radius 2 is 1.76 bits per heavy atom. The summed E-state index contributed by atoms with van der Waals surface area (Å²) >= 11 is 0. The minimum Gasteiger partial charge on any atom is -0.453 e. The molecule has 0 spiro atoms. The largest absolute Gasteiger partial charge is 0.453 e. The summed E-state index contributed by atoms with van der Waals surface area (Å²) in [5, 5.41) is 14.6. The van der Waals surface area contributed by atoms with Crippen LogP contribution in [0.3, 0.4) is 0 Å². The summed E-state index contributed by atoms with van der Waals surface area (Å²) in [5.41, 5.74) is -0.483. The number of ether oxygens (including phenoxy) is 4. The van der Waals surface area contributed by atoms with E-state index in [0.29, 0.717) is 42.4 Å². The summed E-state index contributed by atoms with van der Waals surface area (Å²) in [4.78, 5) is 52.1. The van der Waals surface area contributed by atoms with Crippen molar-refractivity contribution in [1.29, 1.82) is 0 Å². The molecule has 1 fully saturated rings. The third-order valence-electron chi connectivity index (χ3n) is 6.21. The van der Waals surface area contributed by atoms with Crippen molar-refractivity contribution in [2.75, 3.05) is 37.6 Å². The lowest BCUT2D eigenvalue weighted by Gasteiger charge is -2.24. The molecule has 3 atom stereocenters. The van der Waals surface area contributed by atoms with Crippen LogP contribution < -0.4 is 16.3 Å². The molecule has 1 aromatic heterocycles. The topological polar surface area (TPSA) is 167 Å². The molecule has 1 saturated heterocycles. The Hall–Kier alpha value is -3.95. The fourth-order valence-corrected chi connectivity index (χ4v) is 4.13. The van der Waals surface area contributed by atoms with E-state index in [2.05, 4.69) is 15.6 Å². The number of halogens is 2. The molecule has 1 aromatic carbocycles. The Morgan fingerprint density at radius 3 is 2.43 bits per heavy atom. The van der Waals surface area contributed by atoms with Gasteiger partial charge in [0.15, 0.2) is 6.10 Å².